The Bertz CT molecular complexity index is 152. The summed E-state index contributed by atoms with van der Waals surface area (Å²) in [7, 11) is 0. The predicted molar refractivity (Wildman–Crippen MR) is 39.8 cm³/mol. The number of rotatable bonds is 1. The molecule has 0 fully saturated rings. The molecule has 1 aromatic rings. The van der Waals surface area contributed by atoms with Crippen LogP contribution in [0.5, 0.6) is 0 Å². The van der Waals surface area contributed by atoms with E-state index in [1.54, 1.807) is 18.6 Å². The average Bonchev–Trinajstić information content (AvgIpc) is 1.90. The number of aromatic nitrogens is 2. The first-order valence-electron chi connectivity index (χ1n) is 2.24. The van der Waals surface area contributed by atoms with E-state index in [1.807, 2.05) is 0 Å². The SMILES string of the molecule is ICc1cnccn1. The van der Waals surface area contributed by atoms with E-state index in [2.05, 4.69) is 32.6 Å². The Labute approximate surface area is 61.5 Å². The number of halogens is 1. The topological polar surface area (TPSA) is 25.8 Å². The summed E-state index contributed by atoms with van der Waals surface area (Å²) in [5, 5.41) is 0. The van der Waals surface area contributed by atoms with Crippen LogP contribution in [0.25, 0.3) is 0 Å². The molecule has 3 heteroatoms. The van der Waals surface area contributed by atoms with Gasteiger partial charge in [-0.25, -0.2) is 0 Å². The second-order valence-corrected chi connectivity index (χ2v) is 2.09. The summed E-state index contributed by atoms with van der Waals surface area (Å²) in [6, 6.07) is 0. The highest BCUT2D eigenvalue weighted by Gasteiger charge is 1.84. The molecule has 0 aliphatic rings. The molecule has 0 unspecified atom stereocenters. The van der Waals surface area contributed by atoms with Crippen molar-refractivity contribution in [2.24, 2.45) is 0 Å². The van der Waals surface area contributed by atoms with Gasteiger partial charge in [0, 0.05) is 23.0 Å². The van der Waals surface area contributed by atoms with Gasteiger partial charge < -0.3 is 0 Å². The van der Waals surface area contributed by atoms with E-state index in [9.17, 15) is 0 Å². The molecule has 0 aliphatic heterocycles. The summed E-state index contributed by atoms with van der Waals surface area (Å²) in [5.74, 6) is 0. The Kier molecular flexibility index (Phi) is 2.20. The predicted octanol–water partition coefficient (Wildman–Crippen LogP) is 1.41. The standard InChI is InChI=1S/C5H5IN2/c6-3-5-4-7-1-2-8-5/h1-2,4H,3H2. The van der Waals surface area contributed by atoms with Gasteiger partial charge in [-0.3, -0.25) is 9.97 Å². The number of hydrogen-bond acceptors (Lipinski definition) is 2. The number of nitrogens with zero attached hydrogens (tertiary/aromatic N) is 2. The molecule has 0 spiro atoms. The van der Waals surface area contributed by atoms with E-state index in [0.717, 1.165) is 10.1 Å². The highest BCUT2D eigenvalue weighted by molar-refractivity contribution is 14.1. The number of alkyl halides is 1. The van der Waals surface area contributed by atoms with Gasteiger partial charge in [0.05, 0.1) is 5.69 Å². The molecule has 0 atom stereocenters. The van der Waals surface area contributed by atoms with Crippen LogP contribution in [0.15, 0.2) is 18.6 Å². The monoisotopic (exact) mass is 220 g/mol. The van der Waals surface area contributed by atoms with Gasteiger partial charge in [-0.05, 0) is 0 Å². The third kappa shape index (κ3) is 1.40. The Hall–Kier alpha value is -0.190. The molecular formula is C5H5IN2. The molecule has 1 aromatic heterocycles. The lowest BCUT2D eigenvalue weighted by molar-refractivity contribution is 1.11. The van der Waals surface area contributed by atoms with E-state index in [1.165, 1.54) is 0 Å². The summed E-state index contributed by atoms with van der Waals surface area (Å²) < 4.78 is 0.936. The van der Waals surface area contributed by atoms with Gasteiger partial charge >= 0.3 is 0 Å². The molecule has 0 aromatic carbocycles. The highest BCUT2D eigenvalue weighted by Crippen LogP contribution is 1.96. The average molecular weight is 220 g/mol. The summed E-state index contributed by atoms with van der Waals surface area (Å²) in [5.41, 5.74) is 1.04. The van der Waals surface area contributed by atoms with Crippen molar-refractivity contribution in [1.82, 2.24) is 9.97 Å². The van der Waals surface area contributed by atoms with Gasteiger partial charge in [0.2, 0.25) is 0 Å². The van der Waals surface area contributed by atoms with Crippen LogP contribution in [-0.4, -0.2) is 9.97 Å². The van der Waals surface area contributed by atoms with Crippen molar-refractivity contribution >= 4 is 22.6 Å². The first-order valence-corrected chi connectivity index (χ1v) is 3.77. The van der Waals surface area contributed by atoms with Crippen LogP contribution in [0.1, 0.15) is 5.69 Å². The van der Waals surface area contributed by atoms with Crippen molar-refractivity contribution in [2.75, 3.05) is 0 Å². The van der Waals surface area contributed by atoms with Gasteiger partial charge in [-0.15, -0.1) is 0 Å². The van der Waals surface area contributed by atoms with Gasteiger partial charge in [0.1, 0.15) is 0 Å². The van der Waals surface area contributed by atoms with E-state index >= 15 is 0 Å². The Morgan fingerprint density at radius 2 is 2.38 bits per heavy atom. The third-order valence-corrected chi connectivity index (χ3v) is 1.54. The van der Waals surface area contributed by atoms with Crippen molar-refractivity contribution in [2.45, 2.75) is 4.43 Å². The third-order valence-electron chi connectivity index (χ3n) is 0.754. The summed E-state index contributed by atoms with van der Waals surface area (Å²) in [6.07, 6.45) is 5.15. The molecule has 0 aliphatic carbocycles. The minimum Gasteiger partial charge on any atom is -0.261 e. The minimum absolute atomic E-state index is 0.936. The fraction of sp³-hybridized carbons (Fsp3) is 0.200. The zero-order chi connectivity index (χ0) is 5.82. The van der Waals surface area contributed by atoms with Crippen LogP contribution in [-0.2, 0) is 4.43 Å². The van der Waals surface area contributed by atoms with Gasteiger partial charge in [0.25, 0.3) is 0 Å². The molecule has 0 saturated heterocycles. The van der Waals surface area contributed by atoms with Crippen molar-refractivity contribution < 1.29 is 0 Å². The van der Waals surface area contributed by atoms with Crippen LogP contribution >= 0.6 is 22.6 Å². The minimum atomic E-state index is 0.936. The molecule has 0 bridgehead atoms. The van der Waals surface area contributed by atoms with Crippen molar-refractivity contribution in [3.63, 3.8) is 0 Å². The van der Waals surface area contributed by atoms with Crippen molar-refractivity contribution in [3.8, 4) is 0 Å². The van der Waals surface area contributed by atoms with Gasteiger partial charge in [0.15, 0.2) is 0 Å². The quantitative estimate of drug-likeness (QED) is 0.528. The second-order valence-electron chi connectivity index (χ2n) is 1.33. The maximum absolute atomic E-state index is 4.03. The Morgan fingerprint density at radius 3 is 2.75 bits per heavy atom. The van der Waals surface area contributed by atoms with Crippen LogP contribution in [0.3, 0.4) is 0 Å². The molecule has 1 heterocycles. The van der Waals surface area contributed by atoms with E-state index < -0.39 is 0 Å². The molecule has 1 rings (SSSR count). The molecule has 0 radical (unpaired) electrons. The molecule has 0 amide bonds. The lowest BCUT2D eigenvalue weighted by Crippen LogP contribution is -1.82. The van der Waals surface area contributed by atoms with Crippen LogP contribution in [0.2, 0.25) is 0 Å². The van der Waals surface area contributed by atoms with Gasteiger partial charge in [-0.2, -0.15) is 0 Å². The summed E-state index contributed by atoms with van der Waals surface area (Å²) in [4.78, 5) is 7.92. The maximum atomic E-state index is 4.03. The summed E-state index contributed by atoms with van der Waals surface area (Å²) >= 11 is 2.25. The fourth-order valence-corrected chi connectivity index (χ4v) is 0.793. The normalized spacial score (nSPS) is 9.12. The zero-order valence-corrected chi connectivity index (χ0v) is 6.37. The van der Waals surface area contributed by atoms with Crippen LogP contribution < -0.4 is 0 Å². The smallest absolute Gasteiger partial charge is 0.0683 e. The maximum Gasteiger partial charge on any atom is 0.0683 e. The van der Waals surface area contributed by atoms with E-state index in [0.29, 0.717) is 0 Å². The molecule has 0 N–H and O–H groups in total. The lowest BCUT2D eigenvalue weighted by atomic mass is 10.5. The van der Waals surface area contributed by atoms with E-state index in [4.69, 9.17) is 0 Å². The molecule has 2 nitrogen and oxygen atoms in total. The molecule has 0 saturated carbocycles. The van der Waals surface area contributed by atoms with Crippen LogP contribution in [0.4, 0.5) is 0 Å². The van der Waals surface area contributed by atoms with Crippen molar-refractivity contribution in [3.05, 3.63) is 24.3 Å². The van der Waals surface area contributed by atoms with E-state index in [-0.39, 0.29) is 0 Å². The highest BCUT2D eigenvalue weighted by atomic mass is 127. The Morgan fingerprint density at radius 1 is 1.50 bits per heavy atom. The molecule has 8 heavy (non-hydrogen) atoms. The largest absolute Gasteiger partial charge is 0.261 e. The first-order chi connectivity index (χ1) is 3.93. The summed E-state index contributed by atoms with van der Waals surface area (Å²) in [6.45, 7) is 0. The van der Waals surface area contributed by atoms with Crippen LogP contribution in [0, 0.1) is 0 Å². The molecular weight excluding hydrogens is 215 g/mol. The number of hydrogen-bond donors (Lipinski definition) is 0. The fourth-order valence-electron chi connectivity index (χ4n) is 0.399. The molecule has 42 valence electrons. The Balaban J connectivity index is 2.83. The van der Waals surface area contributed by atoms with Gasteiger partial charge in [-0.1, -0.05) is 22.6 Å². The zero-order valence-electron chi connectivity index (χ0n) is 4.21. The second kappa shape index (κ2) is 2.96. The van der Waals surface area contributed by atoms with Crippen molar-refractivity contribution in [1.29, 1.82) is 0 Å². The lowest BCUT2D eigenvalue weighted by Gasteiger charge is -1.86. The first kappa shape index (κ1) is 5.94.